The predicted octanol–water partition coefficient (Wildman–Crippen LogP) is 8.16. The van der Waals surface area contributed by atoms with E-state index in [1.54, 1.807) is 30.5 Å². The summed E-state index contributed by atoms with van der Waals surface area (Å²) in [5, 5.41) is 11.7. The van der Waals surface area contributed by atoms with Gasteiger partial charge in [-0.3, -0.25) is 4.99 Å². The van der Waals surface area contributed by atoms with Crippen molar-refractivity contribution in [2.75, 3.05) is 0 Å². The van der Waals surface area contributed by atoms with E-state index < -0.39 is 0 Å². The van der Waals surface area contributed by atoms with Crippen molar-refractivity contribution in [3.05, 3.63) is 111 Å². The van der Waals surface area contributed by atoms with Gasteiger partial charge < -0.3 is 9.52 Å². The number of fused-ring (bicyclic) bond motifs is 1. The standard InChI is InChI=1S/C28H20Cl2N2O2/c1-17-6-8-20(28-32-25-15-22(29)9-11-27(25)34-28)14-24(17)31-16-21-13-18(7-10-26(21)33)12-19-4-2-3-5-23(19)30/h2-11,13-16,33H,12H2,1H3. The number of aryl methyl sites for hydroxylation is 1. The first-order chi connectivity index (χ1) is 16.5. The molecule has 6 heteroatoms. The number of aromatic hydroxyl groups is 1. The number of phenolic OH excluding ortho intramolecular Hbond substituents is 1. The lowest BCUT2D eigenvalue weighted by atomic mass is 10.0. The Labute approximate surface area is 207 Å². The van der Waals surface area contributed by atoms with Gasteiger partial charge in [0, 0.05) is 27.4 Å². The molecule has 0 saturated heterocycles. The zero-order valence-electron chi connectivity index (χ0n) is 18.3. The number of phenols is 1. The molecule has 5 aromatic rings. The van der Waals surface area contributed by atoms with Crippen molar-refractivity contribution in [1.29, 1.82) is 0 Å². The fourth-order valence-electron chi connectivity index (χ4n) is 3.72. The molecular weight excluding hydrogens is 467 g/mol. The molecule has 0 unspecified atom stereocenters. The molecule has 0 aliphatic carbocycles. The highest BCUT2D eigenvalue weighted by atomic mass is 35.5. The van der Waals surface area contributed by atoms with Crippen molar-refractivity contribution < 1.29 is 9.52 Å². The molecule has 0 radical (unpaired) electrons. The first-order valence-corrected chi connectivity index (χ1v) is 11.5. The second-order valence-corrected chi connectivity index (χ2v) is 8.90. The van der Waals surface area contributed by atoms with Crippen LogP contribution < -0.4 is 0 Å². The molecule has 4 aromatic carbocycles. The normalized spacial score (nSPS) is 11.5. The van der Waals surface area contributed by atoms with Crippen LogP contribution in [0.2, 0.25) is 10.0 Å². The van der Waals surface area contributed by atoms with E-state index in [1.165, 1.54) is 0 Å². The van der Waals surface area contributed by atoms with Crippen LogP contribution in [0.4, 0.5) is 5.69 Å². The lowest BCUT2D eigenvalue weighted by Gasteiger charge is -2.07. The van der Waals surface area contributed by atoms with Crippen molar-refractivity contribution in [2.24, 2.45) is 4.99 Å². The Morgan fingerprint density at radius 1 is 0.971 bits per heavy atom. The molecule has 0 spiro atoms. The lowest BCUT2D eigenvalue weighted by molar-refractivity contribution is 0.474. The fraction of sp³-hybridized carbons (Fsp3) is 0.0714. The molecule has 0 amide bonds. The van der Waals surface area contributed by atoms with Crippen molar-refractivity contribution in [3.8, 4) is 17.2 Å². The number of hydrogen-bond donors (Lipinski definition) is 1. The number of aliphatic imine (C=N–C) groups is 1. The smallest absolute Gasteiger partial charge is 0.227 e. The maximum Gasteiger partial charge on any atom is 0.227 e. The Bertz CT molecular complexity index is 1540. The Balaban J connectivity index is 1.44. The highest BCUT2D eigenvalue weighted by Gasteiger charge is 2.11. The number of hydrogen-bond acceptors (Lipinski definition) is 4. The van der Waals surface area contributed by atoms with Crippen LogP contribution in [0.15, 0.2) is 88.3 Å². The third-order valence-corrected chi connectivity index (χ3v) is 6.20. The van der Waals surface area contributed by atoms with E-state index in [-0.39, 0.29) is 5.75 Å². The second-order valence-electron chi connectivity index (χ2n) is 8.05. The van der Waals surface area contributed by atoms with Crippen molar-refractivity contribution >= 4 is 46.2 Å². The molecule has 34 heavy (non-hydrogen) atoms. The summed E-state index contributed by atoms with van der Waals surface area (Å²) in [7, 11) is 0. The second kappa shape index (κ2) is 9.34. The molecule has 0 bridgehead atoms. The topological polar surface area (TPSA) is 58.6 Å². The number of rotatable bonds is 5. The average Bonchev–Trinajstić information content (AvgIpc) is 3.25. The first-order valence-electron chi connectivity index (χ1n) is 10.7. The largest absolute Gasteiger partial charge is 0.507 e. The van der Waals surface area contributed by atoms with Crippen LogP contribution in [0.5, 0.6) is 5.75 Å². The Kier molecular flexibility index (Phi) is 6.10. The van der Waals surface area contributed by atoms with Crippen LogP contribution in [0.25, 0.3) is 22.6 Å². The van der Waals surface area contributed by atoms with Crippen LogP contribution in [-0.2, 0) is 6.42 Å². The number of oxazole rings is 1. The van der Waals surface area contributed by atoms with Crippen molar-refractivity contribution in [3.63, 3.8) is 0 Å². The molecule has 0 saturated carbocycles. The van der Waals surface area contributed by atoms with Crippen molar-refractivity contribution in [1.82, 2.24) is 4.98 Å². The van der Waals surface area contributed by atoms with E-state index in [4.69, 9.17) is 27.6 Å². The van der Waals surface area contributed by atoms with Crippen LogP contribution in [0.1, 0.15) is 22.3 Å². The molecule has 4 nitrogen and oxygen atoms in total. The van der Waals surface area contributed by atoms with Crippen LogP contribution in [-0.4, -0.2) is 16.3 Å². The maximum atomic E-state index is 10.4. The first kappa shape index (κ1) is 22.2. The molecule has 1 aromatic heterocycles. The highest BCUT2D eigenvalue weighted by molar-refractivity contribution is 6.31. The maximum absolute atomic E-state index is 10.4. The van der Waals surface area contributed by atoms with E-state index in [2.05, 4.69) is 9.98 Å². The number of benzene rings is 4. The average molecular weight is 487 g/mol. The number of nitrogens with zero attached hydrogens (tertiary/aromatic N) is 2. The van der Waals surface area contributed by atoms with E-state index in [1.807, 2.05) is 61.5 Å². The van der Waals surface area contributed by atoms with Gasteiger partial charge in [-0.25, -0.2) is 4.98 Å². The minimum absolute atomic E-state index is 0.163. The van der Waals surface area contributed by atoms with E-state index in [0.29, 0.717) is 34.0 Å². The van der Waals surface area contributed by atoms with Gasteiger partial charge in [-0.2, -0.15) is 0 Å². The minimum atomic E-state index is 0.163. The lowest BCUT2D eigenvalue weighted by Crippen LogP contribution is -1.92. The molecule has 0 atom stereocenters. The van der Waals surface area contributed by atoms with Gasteiger partial charge in [0.15, 0.2) is 5.58 Å². The van der Waals surface area contributed by atoms with Gasteiger partial charge in [0.1, 0.15) is 11.3 Å². The van der Waals surface area contributed by atoms with Gasteiger partial charge >= 0.3 is 0 Å². The Morgan fingerprint density at radius 2 is 1.82 bits per heavy atom. The van der Waals surface area contributed by atoms with E-state index in [9.17, 15) is 5.11 Å². The van der Waals surface area contributed by atoms with Gasteiger partial charge in [-0.15, -0.1) is 0 Å². The molecule has 1 N–H and O–H groups in total. The summed E-state index contributed by atoms with van der Waals surface area (Å²) in [4.78, 5) is 9.21. The van der Waals surface area contributed by atoms with E-state index >= 15 is 0 Å². The summed E-state index contributed by atoms with van der Waals surface area (Å²) in [5.74, 6) is 0.662. The van der Waals surface area contributed by atoms with Crippen LogP contribution >= 0.6 is 23.2 Å². The SMILES string of the molecule is Cc1ccc(-c2nc3cc(Cl)ccc3o2)cc1N=Cc1cc(Cc2ccccc2Cl)ccc1O. The third kappa shape index (κ3) is 4.69. The highest BCUT2D eigenvalue weighted by Crippen LogP contribution is 2.31. The monoisotopic (exact) mass is 486 g/mol. The minimum Gasteiger partial charge on any atom is -0.507 e. The van der Waals surface area contributed by atoms with Gasteiger partial charge in [0.05, 0.1) is 5.69 Å². The van der Waals surface area contributed by atoms with Gasteiger partial charge in [-0.1, -0.05) is 53.5 Å². The molecule has 0 fully saturated rings. The molecular formula is C28H20Cl2N2O2. The summed E-state index contributed by atoms with van der Waals surface area (Å²) in [5.41, 5.74) is 6.62. The summed E-state index contributed by atoms with van der Waals surface area (Å²) in [6.07, 6.45) is 2.33. The summed E-state index contributed by atoms with van der Waals surface area (Å²) < 4.78 is 5.90. The summed E-state index contributed by atoms with van der Waals surface area (Å²) in [6.45, 7) is 1.98. The molecule has 5 rings (SSSR count). The van der Waals surface area contributed by atoms with Gasteiger partial charge in [0.2, 0.25) is 5.89 Å². The molecule has 0 aliphatic rings. The molecule has 1 heterocycles. The van der Waals surface area contributed by atoms with Crippen LogP contribution in [0.3, 0.4) is 0 Å². The van der Waals surface area contributed by atoms with Gasteiger partial charge in [0.25, 0.3) is 0 Å². The summed E-state index contributed by atoms with van der Waals surface area (Å²) in [6, 6.07) is 24.4. The number of halogens is 2. The fourth-order valence-corrected chi connectivity index (χ4v) is 4.09. The van der Waals surface area contributed by atoms with Crippen LogP contribution in [0, 0.1) is 6.92 Å². The zero-order valence-corrected chi connectivity index (χ0v) is 19.8. The third-order valence-electron chi connectivity index (χ3n) is 5.59. The van der Waals surface area contributed by atoms with Gasteiger partial charge in [-0.05, 0) is 78.6 Å². The van der Waals surface area contributed by atoms with E-state index in [0.717, 1.165) is 33.0 Å². The Hall–Kier alpha value is -3.60. The quantitative estimate of drug-likeness (QED) is 0.255. The number of aromatic nitrogens is 1. The summed E-state index contributed by atoms with van der Waals surface area (Å²) >= 11 is 12.4. The predicted molar refractivity (Wildman–Crippen MR) is 139 cm³/mol. The Morgan fingerprint density at radius 3 is 2.68 bits per heavy atom. The molecule has 168 valence electrons. The molecule has 0 aliphatic heterocycles. The van der Waals surface area contributed by atoms with Crippen molar-refractivity contribution in [2.45, 2.75) is 13.3 Å². The zero-order chi connectivity index (χ0) is 23.7.